The van der Waals surface area contributed by atoms with Crippen molar-refractivity contribution in [3.63, 3.8) is 0 Å². The first-order valence-corrected chi connectivity index (χ1v) is 6.37. The number of aryl methyl sites for hydroxylation is 1. The lowest BCUT2D eigenvalue weighted by Crippen LogP contribution is -2.12. The van der Waals surface area contributed by atoms with Crippen LogP contribution >= 0.6 is 0 Å². The van der Waals surface area contributed by atoms with Gasteiger partial charge in [0, 0.05) is 24.2 Å². The van der Waals surface area contributed by atoms with E-state index in [1.54, 1.807) is 6.08 Å². The third-order valence-corrected chi connectivity index (χ3v) is 3.07. The van der Waals surface area contributed by atoms with E-state index in [-0.39, 0.29) is 0 Å². The van der Waals surface area contributed by atoms with Gasteiger partial charge in [0.2, 0.25) is 0 Å². The van der Waals surface area contributed by atoms with Gasteiger partial charge in [-0.15, -0.1) is 0 Å². The summed E-state index contributed by atoms with van der Waals surface area (Å²) in [6.45, 7) is 4.11. The Morgan fingerprint density at radius 3 is 3.11 bits per heavy atom. The number of carbonyl (C=O) groups is 1. The number of carboxylic acids is 1. The maximum absolute atomic E-state index is 10.6. The number of rotatable bonds is 5. The van der Waals surface area contributed by atoms with Crippen LogP contribution in [0.4, 0.5) is 0 Å². The first-order valence-electron chi connectivity index (χ1n) is 6.37. The van der Waals surface area contributed by atoms with Gasteiger partial charge >= 0.3 is 5.97 Å². The molecule has 0 aliphatic carbocycles. The van der Waals surface area contributed by atoms with Crippen LogP contribution < -0.4 is 4.74 Å². The molecule has 1 atom stereocenters. The van der Waals surface area contributed by atoms with Crippen molar-refractivity contribution in [2.75, 3.05) is 19.8 Å². The predicted octanol–water partition coefficient (Wildman–Crippen LogP) is 2.51. The highest BCUT2D eigenvalue weighted by atomic mass is 16.5. The van der Waals surface area contributed by atoms with Gasteiger partial charge in [-0.25, -0.2) is 4.79 Å². The summed E-state index contributed by atoms with van der Waals surface area (Å²) < 4.78 is 11.1. The van der Waals surface area contributed by atoms with Crippen LogP contribution in [0.2, 0.25) is 0 Å². The van der Waals surface area contributed by atoms with E-state index >= 15 is 0 Å². The second-order valence-electron chi connectivity index (χ2n) is 4.75. The Morgan fingerprint density at radius 1 is 1.58 bits per heavy atom. The molecule has 1 fully saturated rings. The summed E-state index contributed by atoms with van der Waals surface area (Å²) in [5.74, 6) is 0.184. The van der Waals surface area contributed by atoms with E-state index < -0.39 is 5.97 Å². The lowest BCUT2D eigenvalue weighted by Gasteiger charge is -2.13. The van der Waals surface area contributed by atoms with E-state index in [0.717, 1.165) is 42.6 Å². The maximum atomic E-state index is 10.6. The zero-order valence-corrected chi connectivity index (χ0v) is 11.0. The molecule has 0 aromatic heterocycles. The molecule has 2 rings (SSSR count). The van der Waals surface area contributed by atoms with Gasteiger partial charge in [-0.2, -0.15) is 0 Å². The number of carboxylic acid groups (broad SMARTS) is 1. The molecule has 4 heteroatoms. The molecule has 4 nitrogen and oxygen atoms in total. The fourth-order valence-electron chi connectivity index (χ4n) is 2.01. The molecule has 0 saturated carbocycles. The summed E-state index contributed by atoms with van der Waals surface area (Å²) in [7, 11) is 0. The summed E-state index contributed by atoms with van der Waals surface area (Å²) >= 11 is 0. The standard InChI is InChI=1S/C15H18O4/c1-11-2-4-14(13(8-11)3-5-15(16)17)19-10-12-6-7-18-9-12/h2-5,8,12H,6-7,9-10H2,1H3,(H,16,17). The van der Waals surface area contributed by atoms with Crippen LogP contribution in [0.15, 0.2) is 24.3 Å². The molecule has 1 aromatic rings. The Kier molecular flexibility index (Phi) is 4.58. The van der Waals surface area contributed by atoms with E-state index in [9.17, 15) is 4.79 Å². The average Bonchev–Trinajstić information content (AvgIpc) is 2.88. The highest BCUT2D eigenvalue weighted by Crippen LogP contribution is 2.23. The van der Waals surface area contributed by atoms with E-state index in [4.69, 9.17) is 14.6 Å². The number of hydrogen-bond acceptors (Lipinski definition) is 3. The molecule has 1 N–H and O–H groups in total. The fraction of sp³-hybridized carbons (Fsp3) is 0.400. The molecule has 0 radical (unpaired) electrons. The van der Waals surface area contributed by atoms with Crippen LogP contribution in [-0.2, 0) is 9.53 Å². The second-order valence-corrected chi connectivity index (χ2v) is 4.75. The second kappa shape index (κ2) is 6.38. The van der Waals surface area contributed by atoms with Gasteiger partial charge in [0.25, 0.3) is 0 Å². The van der Waals surface area contributed by atoms with Crippen molar-refractivity contribution >= 4 is 12.0 Å². The molecule has 1 aliphatic heterocycles. The first kappa shape index (κ1) is 13.6. The van der Waals surface area contributed by atoms with E-state index in [2.05, 4.69) is 0 Å². The Balaban J connectivity index is 2.07. The summed E-state index contributed by atoms with van der Waals surface area (Å²) in [6.07, 6.45) is 3.71. The van der Waals surface area contributed by atoms with Crippen molar-refractivity contribution in [1.29, 1.82) is 0 Å². The summed E-state index contributed by atoms with van der Waals surface area (Å²) in [6, 6.07) is 5.76. The molecular weight excluding hydrogens is 244 g/mol. The Bertz CT molecular complexity index is 473. The third-order valence-electron chi connectivity index (χ3n) is 3.07. The van der Waals surface area contributed by atoms with Crippen molar-refractivity contribution in [2.24, 2.45) is 5.92 Å². The van der Waals surface area contributed by atoms with Crippen molar-refractivity contribution in [1.82, 2.24) is 0 Å². The molecule has 1 aromatic carbocycles. The minimum absolute atomic E-state index is 0.428. The zero-order chi connectivity index (χ0) is 13.7. The average molecular weight is 262 g/mol. The van der Waals surface area contributed by atoms with E-state index in [1.807, 2.05) is 25.1 Å². The lowest BCUT2D eigenvalue weighted by molar-refractivity contribution is -0.131. The van der Waals surface area contributed by atoms with Gasteiger partial charge in [0.1, 0.15) is 5.75 Å². The van der Waals surface area contributed by atoms with Crippen LogP contribution in [0.5, 0.6) is 5.75 Å². The Morgan fingerprint density at radius 2 is 2.42 bits per heavy atom. The van der Waals surface area contributed by atoms with Gasteiger partial charge in [-0.05, 0) is 31.6 Å². The number of hydrogen-bond donors (Lipinski definition) is 1. The molecule has 0 bridgehead atoms. The molecule has 1 heterocycles. The van der Waals surface area contributed by atoms with Crippen molar-refractivity contribution in [3.8, 4) is 5.75 Å². The van der Waals surface area contributed by atoms with Gasteiger partial charge in [0.05, 0.1) is 13.2 Å². The largest absolute Gasteiger partial charge is 0.493 e. The molecule has 1 aliphatic rings. The smallest absolute Gasteiger partial charge is 0.328 e. The van der Waals surface area contributed by atoms with E-state index in [0.29, 0.717) is 12.5 Å². The molecule has 19 heavy (non-hydrogen) atoms. The molecule has 1 saturated heterocycles. The monoisotopic (exact) mass is 262 g/mol. The zero-order valence-electron chi connectivity index (χ0n) is 11.0. The van der Waals surface area contributed by atoms with Gasteiger partial charge in [0.15, 0.2) is 0 Å². The highest BCUT2D eigenvalue weighted by Gasteiger charge is 2.16. The van der Waals surface area contributed by atoms with Crippen LogP contribution in [0.25, 0.3) is 6.08 Å². The number of ether oxygens (including phenoxy) is 2. The first-order chi connectivity index (χ1) is 9.15. The van der Waals surface area contributed by atoms with Crippen molar-refractivity contribution < 1.29 is 19.4 Å². The maximum Gasteiger partial charge on any atom is 0.328 e. The summed E-state index contributed by atoms with van der Waals surface area (Å²) in [5.41, 5.74) is 1.86. The number of aliphatic carboxylic acids is 1. The predicted molar refractivity (Wildman–Crippen MR) is 72.3 cm³/mol. The lowest BCUT2D eigenvalue weighted by atomic mass is 10.1. The molecule has 0 spiro atoms. The van der Waals surface area contributed by atoms with Crippen LogP contribution in [0.1, 0.15) is 17.5 Å². The minimum atomic E-state index is -0.961. The topological polar surface area (TPSA) is 55.8 Å². The Hall–Kier alpha value is -1.81. The Labute approximate surface area is 112 Å². The molecule has 102 valence electrons. The van der Waals surface area contributed by atoms with Gasteiger partial charge in [-0.1, -0.05) is 11.6 Å². The normalized spacial score (nSPS) is 18.9. The quantitative estimate of drug-likeness (QED) is 0.828. The number of benzene rings is 1. The highest BCUT2D eigenvalue weighted by molar-refractivity contribution is 5.85. The third kappa shape index (κ3) is 4.10. The van der Waals surface area contributed by atoms with Crippen LogP contribution in [0, 0.1) is 12.8 Å². The van der Waals surface area contributed by atoms with Gasteiger partial charge < -0.3 is 14.6 Å². The van der Waals surface area contributed by atoms with Crippen LogP contribution in [0.3, 0.4) is 0 Å². The summed E-state index contributed by atoms with van der Waals surface area (Å²) in [4.78, 5) is 10.6. The minimum Gasteiger partial charge on any atom is -0.493 e. The molecule has 1 unspecified atom stereocenters. The van der Waals surface area contributed by atoms with Crippen LogP contribution in [-0.4, -0.2) is 30.9 Å². The van der Waals surface area contributed by atoms with Crippen molar-refractivity contribution in [3.05, 3.63) is 35.4 Å². The van der Waals surface area contributed by atoms with Crippen molar-refractivity contribution in [2.45, 2.75) is 13.3 Å². The van der Waals surface area contributed by atoms with E-state index in [1.165, 1.54) is 0 Å². The summed E-state index contributed by atoms with van der Waals surface area (Å²) in [5, 5.41) is 8.69. The molecular formula is C15H18O4. The van der Waals surface area contributed by atoms with Gasteiger partial charge in [-0.3, -0.25) is 0 Å². The fourth-order valence-corrected chi connectivity index (χ4v) is 2.01. The molecule has 0 amide bonds. The SMILES string of the molecule is Cc1ccc(OCC2CCOC2)c(C=CC(=O)O)c1.